The van der Waals surface area contributed by atoms with Gasteiger partial charge in [-0.2, -0.15) is 5.26 Å². The molecule has 0 saturated heterocycles. The number of rotatable bonds is 7. The summed E-state index contributed by atoms with van der Waals surface area (Å²) in [6, 6.07) is 11.9. The molecule has 2 aromatic carbocycles. The van der Waals surface area contributed by atoms with Gasteiger partial charge in [0.1, 0.15) is 21.8 Å². The van der Waals surface area contributed by atoms with E-state index in [2.05, 4.69) is 40.2 Å². The molecule has 33 heavy (non-hydrogen) atoms. The van der Waals surface area contributed by atoms with Crippen LogP contribution in [0, 0.1) is 18.3 Å². The van der Waals surface area contributed by atoms with Gasteiger partial charge < -0.3 is 9.84 Å². The lowest BCUT2D eigenvalue weighted by Gasteiger charge is -2.29. The first-order valence-electron chi connectivity index (χ1n) is 11.0. The first kappa shape index (κ1) is 22.9. The normalized spacial score (nSPS) is 13.5. The van der Waals surface area contributed by atoms with Crippen LogP contribution in [0.2, 0.25) is 0 Å². The average molecular weight is 463 g/mol. The Labute approximate surface area is 197 Å². The number of ether oxygens (including phenoxy) is 1. The zero-order chi connectivity index (χ0) is 23.5. The Balaban J connectivity index is 1.57. The topological polar surface area (TPSA) is 99.3 Å². The van der Waals surface area contributed by atoms with Crippen LogP contribution in [0.15, 0.2) is 30.3 Å². The van der Waals surface area contributed by atoms with Gasteiger partial charge in [-0.25, -0.2) is 0 Å². The molecule has 3 aromatic rings. The van der Waals surface area contributed by atoms with E-state index in [4.69, 9.17) is 9.84 Å². The molecule has 0 bridgehead atoms. The predicted molar refractivity (Wildman–Crippen MR) is 127 cm³/mol. The molecule has 7 nitrogen and oxygen atoms in total. The van der Waals surface area contributed by atoms with Crippen LogP contribution in [0.3, 0.4) is 0 Å². The molecule has 0 amide bonds. The van der Waals surface area contributed by atoms with E-state index >= 15 is 0 Å². The molecule has 1 aromatic heterocycles. The van der Waals surface area contributed by atoms with Crippen molar-refractivity contribution in [3.05, 3.63) is 52.6 Å². The summed E-state index contributed by atoms with van der Waals surface area (Å²) in [5, 5.41) is 28.9. The number of carboxylic acids is 1. The number of aromatic nitrogens is 2. The van der Waals surface area contributed by atoms with Crippen molar-refractivity contribution >= 4 is 17.3 Å². The number of aliphatic carboxylic acids is 1. The third-order valence-corrected chi connectivity index (χ3v) is 6.78. The second kappa shape index (κ2) is 9.69. The predicted octanol–water partition coefficient (Wildman–Crippen LogP) is 4.67. The first-order valence-corrected chi connectivity index (χ1v) is 11.8. The highest BCUT2D eigenvalue weighted by atomic mass is 32.1. The fraction of sp³-hybridized carbons (Fsp3) is 0.360. The van der Waals surface area contributed by atoms with Crippen LogP contribution in [0.25, 0.3) is 21.1 Å². The van der Waals surface area contributed by atoms with Crippen LogP contribution >= 0.6 is 11.3 Å². The minimum atomic E-state index is -0.761. The third-order valence-electron chi connectivity index (χ3n) is 5.77. The maximum absolute atomic E-state index is 10.9. The van der Waals surface area contributed by atoms with Crippen LogP contribution in [-0.2, 0) is 17.8 Å². The second-order valence-corrected chi connectivity index (χ2v) is 9.42. The number of hydrogen-bond acceptors (Lipinski definition) is 7. The Kier molecular flexibility index (Phi) is 6.72. The monoisotopic (exact) mass is 462 g/mol. The van der Waals surface area contributed by atoms with Crippen LogP contribution in [-0.4, -0.2) is 45.4 Å². The molecule has 1 aliphatic rings. The van der Waals surface area contributed by atoms with Crippen molar-refractivity contribution in [2.24, 2.45) is 0 Å². The third kappa shape index (κ3) is 5.05. The lowest BCUT2D eigenvalue weighted by atomic mass is 9.92. The largest absolute Gasteiger partial charge is 0.490 e. The number of nitrogens with zero attached hydrogens (tertiary/aromatic N) is 4. The smallest absolute Gasteiger partial charge is 0.304 e. The number of nitriles is 1. The highest BCUT2D eigenvalue weighted by Gasteiger charge is 2.21. The first-order chi connectivity index (χ1) is 15.9. The molecular formula is C25H26N4O3S. The molecule has 1 aliphatic heterocycles. The molecule has 0 saturated carbocycles. The van der Waals surface area contributed by atoms with Crippen molar-refractivity contribution in [3.63, 3.8) is 0 Å². The van der Waals surface area contributed by atoms with E-state index in [1.54, 1.807) is 6.07 Å². The van der Waals surface area contributed by atoms with Crippen LogP contribution < -0.4 is 4.74 Å². The summed E-state index contributed by atoms with van der Waals surface area (Å²) in [6.07, 6.45) is 1.05. The molecule has 1 N–H and O–H groups in total. The van der Waals surface area contributed by atoms with Crippen LogP contribution in [0.5, 0.6) is 5.75 Å². The number of carbonyl (C=O) groups is 1. The molecule has 0 unspecified atom stereocenters. The fourth-order valence-corrected chi connectivity index (χ4v) is 5.05. The van der Waals surface area contributed by atoms with Gasteiger partial charge in [0, 0.05) is 30.8 Å². The minimum absolute atomic E-state index is 0.00712. The zero-order valence-corrected chi connectivity index (χ0v) is 19.8. The summed E-state index contributed by atoms with van der Waals surface area (Å²) in [5.41, 5.74) is 6.16. The Morgan fingerprint density at radius 2 is 2.06 bits per heavy atom. The Morgan fingerprint density at radius 3 is 2.79 bits per heavy atom. The number of hydrogen-bond donors (Lipinski definition) is 1. The zero-order valence-electron chi connectivity index (χ0n) is 19.0. The lowest BCUT2D eigenvalue weighted by Crippen LogP contribution is -2.32. The highest BCUT2D eigenvalue weighted by Crippen LogP contribution is 2.36. The molecule has 0 spiro atoms. The van der Waals surface area contributed by atoms with Gasteiger partial charge in [0.25, 0.3) is 0 Å². The van der Waals surface area contributed by atoms with E-state index in [-0.39, 0.29) is 12.5 Å². The second-order valence-electron chi connectivity index (χ2n) is 8.45. The van der Waals surface area contributed by atoms with Gasteiger partial charge >= 0.3 is 5.97 Å². The summed E-state index contributed by atoms with van der Waals surface area (Å²) >= 11 is 1.51. The maximum atomic E-state index is 10.9. The SMILES string of the molecule is Cc1c(-c2nnc(-c3ccc(OC(C)C)c(C#N)c3)s2)ccc2c1CCN(CCC(=O)O)C2. The van der Waals surface area contributed by atoms with E-state index in [1.165, 1.54) is 28.0 Å². The quantitative estimate of drug-likeness (QED) is 0.544. The van der Waals surface area contributed by atoms with Crippen LogP contribution in [0.4, 0.5) is 0 Å². The number of carboxylic acid groups (broad SMARTS) is 1. The minimum Gasteiger partial charge on any atom is -0.490 e. The van der Waals surface area contributed by atoms with Crippen molar-refractivity contribution in [2.45, 2.75) is 46.3 Å². The highest BCUT2D eigenvalue weighted by molar-refractivity contribution is 7.17. The van der Waals surface area contributed by atoms with E-state index in [0.717, 1.165) is 40.7 Å². The fourth-order valence-electron chi connectivity index (χ4n) is 4.13. The summed E-state index contributed by atoms with van der Waals surface area (Å²) in [4.78, 5) is 13.1. The van der Waals surface area contributed by atoms with Gasteiger partial charge in [0.05, 0.1) is 18.1 Å². The molecular weight excluding hydrogens is 436 g/mol. The van der Waals surface area contributed by atoms with Crippen molar-refractivity contribution in [2.75, 3.05) is 13.1 Å². The van der Waals surface area contributed by atoms with Crippen LogP contribution in [0.1, 0.15) is 42.5 Å². The number of benzene rings is 2. The van der Waals surface area contributed by atoms with Gasteiger partial charge in [-0.3, -0.25) is 9.69 Å². The number of fused-ring (bicyclic) bond motifs is 1. The molecule has 2 heterocycles. The molecule has 0 radical (unpaired) electrons. The van der Waals surface area contributed by atoms with Gasteiger partial charge in [-0.05, 0) is 62.1 Å². The Bertz CT molecular complexity index is 1230. The Morgan fingerprint density at radius 1 is 1.27 bits per heavy atom. The van der Waals surface area contributed by atoms with E-state index in [0.29, 0.717) is 17.9 Å². The standard InChI is InChI=1S/C25H26N4O3S/c1-15(2)32-22-7-5-17(12-19(22)13-26)24-27-28-25(33-24)21-6-4-18-14-29(11-9-23(30)31)10-8-20(18)16(21)3/h4-7,12,15H,8-11,14H2,1-3H3,(H,30,31). The summed E-state index contributed by atoms with van der Waals surface area (Å²) in [7, 11) is 0. The molecule has 170 valence electrons. The Hall–Kier alpha value is -3.28. The van der Waals surface area contributed by atoms with Crippen molar-refractivity contribution in [3.8, 4) is 33.0 Å². The van der Waals surface area contributed by atoms with Crippen molar-refractivity contribution in [1.29, 1.82) is 5.26 Å². The van der Waals surface area contributed by atoms with E-state index in [1.807, 2.05) is 26.0 Å². The summed E-state index contributed by atoms with van der Waals surface area (Å²) in [6.45, 7) is 8.18. The molecule has 8 heteroatoms. The van der Waals surface area contributed by atoms with E-state index in [9.17, 15) is 10.1 Å². The summed E-state index contributed by atoms with van der Waals surface area (Å²) in [5.74, 6) is -0.188. The molecule has 0 aliphatic carbocycles. The van der Waals surface area contributed by atoms with Gasteiger partial charge in [0.15, 0.2) is 0 Å². The van der Waals surface area contributed by atoms with Crippen molar-refractivity contribution in [1.82, 2.24) is 15.1 Å². The molecule has 4 rings (SSSR count). The molecule has 0 fully saturated rings. The maximum Gasteiger partial charge on any atom is 0.304 e. The molecule has 0 atom stereocenters. The van der Waals surface area contributed by atoms with Gasteiger partial charge in [-0.15, -0.1) is 10.2 Å². The van der Waals surface area contributed by atoms with Crippen molar-refractivity contribution < 1.29 is 14.6 Å². The van der Waals surface area contributed by atoms with Gasteiger partial charge in [-0.1, -0.05) is 23.5 Å². The van der Waals surface area contributed by atoms with Gasteiger partial charge in [0.2, 0.25) is 0 Å². The average Bonchev–Trinajstić information content (AvgIpc) is 3.27. The van der Waals surface area contributed by atoms with E-state index < -0.39 is 5.97 Å². The summed E-state index contributed by atoms with van der Waals surface area (Å²) < 4.78 is 5.72. The lowest BCUT2D eigenvalue weighted by molar-refractivity contribution is -0.137.